The van der Waals surface area contributed by atoms with Crippen molar-refractivity contribution in [1.82, 2.24) is 10.3 Å². The Morgan fingerprint density at radius 1 is 1.20 bits per heavy atom. The Morgan fingerprint density at radius 2 is 1.95 bits per heavy atom. The summed E-state index contributed by atoms with van der Waals surface area (Å²) in [6, 6.07) is 12.6. The second-order valence-electron chi connectivity index (χ2n) is 4.04. The maximum atomic E-state index is 12.2. The van der Waals surface area contributed by atoms with Gasteiger partial charge in [0, 0.05) is 6.20 Å². The smallest absolute Gasteiger partial charge is 0.253 e. The Balaban J connectivity index is 2.07. The number of aromatic nitrogens is 1. The molecule has 1 aromatic heterocycles. The highest BCUT2D eigenvalue weighted by molar-refractivity contribution is 7.80. The molecule has 102 valence electrons. The molecular formula is C14H14N4OS. The number of carbonyl (C=O) groups is 1. The summed E-state index contributed by atoms with van der Waals surface area (Å²) >= 11 is 4.79. The molecule has 6 heteroatoms. The van der Waals surface area contributed by atoms with Gasteiger partial charge in [-0.25, -0.2) is 0 Å². The number of amides is 1. The number of hydrogen-bond donors (Lipinski definition) is 3. The number of pyridine rings is 1. The fourth-order valence-electron chi connectivity index (χ4n) is 1.69. The second kappa shape index (κ2) is 6.63. The van der Waals surface area contributed by atoms with Gasteiger partial charge < -0.3 is 16.4 Å². The van der Waals surface area contributed by atoms with Crippen LogP contribution in [-0.2, 0) is 6.54 Å². The average Bonchev–Trinajstić information content (AvgIpc) is 2.46. The van der Waals surface area contributed by atoms with Gasteiger partial charge in [-0.05, 0) is 36.5 Å². The number of hydrogen-bond acceptors (Lipinski definition) is 3. The molecule has 0 bridgehead atoms. The van der Waals surface area contributed by atoms with E-state index in [1.54, 1.807) is 30.5 Å². The largest absolute Gasteiger partial charge is 0.376 e. The molecule has 1 heterocycles. The lowest BCUT2D eigenvalue weighted by Crippen LogP contribution is -2.26. The Morgan fingerprint density at radius 3 is 2.65 bits per heavy atom. The number of thiocarbonyl (C=S) groups is 1. The third kappa shape index (κ3) is 3.76. The molecule has 0 aliphatic rings. The van der Waals surface area contributed by atoms with Crippen LogP contribution in [0.5, 0.6) is 0 Å². The zero-order valence-electron chi connectivity index (χ0n) is 10.7. The van der Waals surface area contributed by atoms with Gasteiger partial charge in [0.25, 0.3) is 5.91 Å². The summed E-state index contributed by atoms with van der Waals surface area (Å²) < 4.78 is 0. The number of nitrogens with two attached hydrogens (primary N) is 1. The van der Waals surface area contributed by atoms with Crippen molar-refractivity contribution >= 4 is 28.9 Å². The quantitative estimate of drug-likeness (QED) is 0.745. The highest BCUT2D eigenvalue weighted by Crippen LogP contribution is 2.14. The maximum absolute atomic E-state index is 12.2. The first-order valence-corrected chi connectivity index (χ1v) is 6.41. The number of nitrogens with one attached hydrogen (secondary N) is 2. The van der Waals surface area contributed by atoms with Crippen molar-refractivity contribution < 1.29 is 4.79 Å². The number of anilines is 1. The Labute approximate surface area is 122 Å². The van der Waals surface area contributed by atoms with E-state index in [-0.39, 0.29) is 11.0 Å². The van der Waals surface area contributed by atoms with E-state index in [0.29, 0.717) is 17.8 Å². The summed E-state index contributed by atoms with van der Waals surface area (Å²) in [5.41, 5.74) is 7.29. The SMILES string of the molecule is NC(=S)Nc1ccccc1C(=O)NCc1ccccn1. The third-order valence-corrected chi connectivity index (χ3v) is 2.69. The molecule has 0 saturated heterocycles. The van der Waals surface area contributed by atoms with Crippen LogP contribution < -0.4 is 16.4 Å². The van der Waals surface area contributed by atoms with Crippen LogP contribution in [0.1, 0.15) is 16.1 Å². The van der Waals surface area contributed by atoms with Gasteiger partial charge >= 0.3 is 0 Å². The number of rotatable bonds is 4. The second-order valence-corrected chi connectivity index (χ2v) is 4.48. The van der Waals surface area contributed by atoms with Crippen molar-refractivity contribution in [3.63, 3.8) is 0 Å². The molecule has 0 spiro atoms. The maximum Gasteiger partial charge on any atom is 0.253 e. The molecule has 5 nitrogen and oxygen atoms in total. The van der Waals surface area contributed by atoms with Crippen molar-refractivity contribution in [1.29, 1.82) is 0 Å². The van der Waals surface area contributed by atoms with Crippen molar-refractivity contribution in [2.24, 2.45) is 5.73 Å². The minimum Gasteiger partial charge on any atom is -0.376 e. The Kier molecular flexibility index (Phi) is 4.62. The predicted molar refractivity (Wildman–Crippen MR) is 82.3 cm³/mol. The van der Waals surface area contributed by atoms with E-state index < -0.39 is 0 Å². The number of benzene rings is 1. The molecule has 4 N–H and O–H groups in total. The lowest BCUT2D eigenvalue weighted by Gasteiger charge is -2.10. The molecule has 0 fully saturated rings. The molecule has 0 unspecified atom stereocenters. The standard InChI is InChI=1S/C14H14N4OS/c15-14(20)18-12-7-2-1-6-11(12)13(19)17-9-10-5-3-4-8-16-10/h1-8H,9H2,(H,17,19)(H3,15,18,20). The third-order valence-electron chi connectivity index (χ3n) is 2.59. The highest BCUT2D eigenvalue weighted by atomic mass is 32.1. The zero-order chi connectivity index (χ0) is 14.4. The first-order chi connectivity index (χ1) is 9.66. The van der Waals surface area contributed by atoms with E-state index in [0.717, 1.165) is 5.69 Å². The van der Waals surface area contributed by atoms with Gasteiger partial charge in [-0.3, -0.25) is 9.78 Å². The van der Waals surface area contributed by atoms with Crippen LogP contribution in [0.25, 0.3) is 0 Å². The van der Waals surface area contributed by atoms with E-state index in [1.165, 1.54) is 0 Å². The topological polar surface area (TPSA) is 80.0 Å². The minimum atomic E-state index is -0.213. The summed E-state index contributed by atoms with van der Waals surface area (Å²) in [7, 11) is 0. The van der Waals surface area contributed by atoms with Crippen LogP contribution in [0, 0.1) is 0 Å². The first-order valence-electron chi connectivity index (χ1n) is 6.00. The van der Waals surface area contributed by atoms with E-state index in [9.17, 15) is 4.79 Å². The average molecular weight is 286 g/mol. The van der Waals surface area contributed by atoms with Crippen LogP contribution >= 0.6 is 12.2 Å². The minimum absolute atomic E-state index is 0.120. The molecule has 2 aromatic rings. The van der Waals surface area contributed by atoms with Gasteiger partial charge in [0.15, 0.2) is 5.11 Å². The van der Waals surface area contributed by atoms with Gasteiger partial charge in [-0.15, -0.1) is 0 Å². The number of nitrogens with zero attached hydrogens (tertiary/aromatic N) is 1. The Bertz CT molecular complexity index is 616. The van der Waals surface area contributed by atoms with Gasteiger partial charge in [-0.1, -0.05) is 18.2 Å². The zero-order valence-corrected chi connectivity index (χ0v) is 11.5. The van der Waals surface area contributed by atoms with Crippen molar-refractivity contribution in [3.8, 4) is 0 Å². The van der Waals surface area contributed by atoms with Crippen LogP contribution in [-0.4, -0.2) is 16.0 Å². The molecule has 0 aliphatic heterocycles. The molecule has 1 aromatic carbocycles. The highest BCUT2D eigenvalue weighted by Gasteiger charge is 2.10. The van der Waals surface area contributed by atoms with Crippen molar-refractivity contribution in [2.75, 3.05) is 5.32 Å². The number of para-hydroxylation sites is 1. The molecule has 1 amide bonds. The van der Waals surface area contributed by atoms with E-state index >= 15 is 0 Å². The van der Waals surface area contributed by atoms with E-state index in [4.69, 9.17) is 18.0 Å². The van der Waals surface area contributed by atoms with Crippen molar-refractivity contribution in [2.45, 2.75) is 6.54 Å². The summed E-state index contributed by atoms with van der Waals surface area (Å²) in [6.45, 7) is 0.362. The molecule has 0 radical (unpaired) electrons. The molecule has 2 rings (SSSR count). The molecular weight excluding hydrogens is 272 g/mol. The number of carbonyl (C=O) groups excluding carboxylic acids is 1. The van der Waals surface area contributed by atoms with Crippen molar-refractivity contribution in [3.05, 3.63) is 59.9 Å². The van der Waals surface area contributed by atoms with E-state index in [1.807, 2.05) is 18.2 Å². The summed E-state index contributed by atoms with van der Waals surface area (Å²) in [5, 5.41) is 5.71. The predicted octanol–water partition coefficient (Wildman–Crippen LogP) is 1.67. The Hall–Kier alpha value is -2.47. The molecule has 0 aliphatic carbocycles. The van der Waals surface area contributed by atoms with E-state index in [2.05, 4.69) is 15.6 Å². The van der Waals surface area contributed by atoms with Gasteiger partial charge in [0.05, 0.1) is 23.5 Å². The van der Waals surface area contributed by atoms with Crippen LogP contribution in [0.2, 0.25) is 0 Å². The van der Waals surface area contributed by atoms with Crippen LogP contribution in [0.4, 0.5) is 5.69 Å². The monoisotopic (exact) mass is 286 g/mol. The van der Waals surface area contributed by atoms with Gasteiger partial charge in [0.2, 0.25) is 0 Å². The fraction of sp³-hybridized carbons (Fsp3) is 0.0714. The van der Waals surface area contributed by atoms with Crippen LogP contribution in [0.15, 0.2) is 48.7 Å². The molecule has 0 atom stereocenters. The fourth-order valence-corrected chi connectivity index (χ4v) is 1.80. The summed E-state index contributed by atoms with van der Waals surface area (Å²) in [6.07, 6.45) is 1.68. The summed E-state index contributed by atoms with van der Waals surface area (Å²) in [5.74, 6) is -0.213. The summed E-state index contributed by atoms with van der Waals surface area (Å²) in [4.78, 5) is 16.3. The van der Waals surface area contributed by atoms with Gasteiger partial charge in [0.1, 0.15) is 0 Å². The van der Waals surface area contributed by atoms with Crippen LogP contribution in [0.3, 0.4) is 0 Å². The molecule has 20 heavy (non-hydrogen) atoms. The van der Waals surface area contributed by atoms with Gasteiger partial charge in [-0.2, -0.15) is 0 Å². The lowest BCUT2D eigenvalue weighted by atomic mass is 10.1. The first kappa shape index (κ1) is 14.0. The molecule has 0 saturated carbocycles. The lowest BCUT2D eigenvalue weighted by molar-refractivity contribution is 0.0951. The normalized spacial score (nSPS) is 9.80.